The van der Waals surface area contributed by atoms with E-state index in [-0.39, 0.29) is 17.6 Å². The van der Waals surface area contributed by atoms with Crippen molar-refractivity contribution in [1.29, 1.82) is 0 Å². The fraction of sp³-hybridized carbons (Fsp3) is 1.00. The third-order valence-corrected chi connectivity index (χ3v) is 3.57. The molecule has 0 aromatic carbocycles. The summed E-state index contributed by atoms with van der Waals surface area (Å²) >= 11 is 0. The second-order valence-electron chi connectivity index (χ2n) is 3.30. The van der Waals surface area contributed by atoms with Gasteiger partial charge >= 0.3 is 0 Å². The number of β-amino-alcohol motifs (C(OH)–C–C–N with tert-alkyl or cyclic N) is 1. The highest BCUT2D eigenvalue weighted by Gasteiger charge is 2.21. The van der Waals surface area contributed by atoms with E-state index in [2.05, 4.69) is 0 Å². The summed E-state index contributed by atoms with van der Waals surface area (Å²) < 4.78 is 22.0. The molecule has 4 nitrogen and oxygen atoms in total. The van der Waals surface area contributed by atoms with E-state index in [4.69, 9.17) is 5.11 Å². The minimum Gasteiger partial charge on any atom is -0.392 e. The molecule has 0 aromatic rings. The summed E-state index contributed by atoms with van der Waals surface area (Å²) in [5.74, 6) is 0.472. The van der Waals surface area contributed by atoms with Crippen LogP contribution in [-0.2, 0) is 9.84 Å². The van der Waals surface area contributed by atoms with Gasteiger partial charge in [-0.05, 0) is 6.92 Å². The Labute approximate surface area is 73.1 Å². The van der Waals surface area contributed by atoms with Gasteiger partial charge in [-0.15, -0.1) is 0 Å². The van der Waals surface area contributed by atoms with Crippen LogP contribution in [0.25, 0.3) is 0 Å². The SMILES string of the molecule is C[C@@H](O)CN1CCS(=O)(=O)CC1. The minimum atomic E-state index is -2.77. The van der Waals surface area contributed by atoms with Crippen LogP contribution in [0.3, 0.4) is 0 Å². The maximum atomic E-state index is 11.0. The summed E-state index contributed by atoms with van der Waals surface area (Å²) in [7, 11) is -2.77. The number of hydrogen-bond donors (Lipinski definition) is 1. The zero-order chi connectivity index (χ0) is 9.19. The van der Waals surface area contributed by atoms with Crippen LogP contribution in [-0.4, -0.2) is 55.7 Å². The molecule has 0 aliphatic carbocycles. The van der Waals surface area contributed by atoms with E-state index in [1.54, 1.807) is 6.92 Å². The number of aliphatic hydroxyl groups is 1. The molecular weight excluding hydrogens is 178 g/mol. The number of aliphatic hydroxyl groups excluding tert-OH is 1. The number of sulfone groups is 1. The minimum absolute atomic E-state index is 0.236. The molecule has 0 unspecified atom stereocenters. The summed E-state index contributed by atoms with van der Waals surface area (Å²) in [4.78, 5) is 1.98. The van der Waals surface area contributed by atoms with Crippen molar-refractivity contribution in [2.24, 2.45) is 0 Å². The lowest BCUT2D eigenvalue weighted by molar-refractivity contribution is 0.132. The smallest absolute Gasteiger partial charge is 0.152 e. The number of hydrogen-bond acceptors (Lipinski definition) is 4. The Bertz CT molecular complexity index is 221. The van der Waals surface area contributed by atoms with E-state index >= 15 is 0 Å². The first-order chi connectivity index (χ1) is 5.49. The van der Waals surface area contributed by atoms with Gasteiger partial charge in [0.05, 0.1) is 17.6 Å². The first-order valence-corrected chi connectivity index (χ1v) is 5.92. The van der Waals surface area contributed by atoms with Crippen LogP contribution in [0.15, 0.2) is 0 Å². The van der Waals surface area contributed by atoms with E-state index in [0.29, 0.717) is 19.6 Å². The van der Waals surface area contributed by atoms with E-state index in [1.165, 1.54) is 0 Å². The third-order valence-electron chi connectivity index (χ3n) is 1.96. The normalized spacial score (nSPS) is 26.8. The van der Waals surface area contributed by atoms with Crippen LogP contribution < -0.4 is 0 Å². The van der Waals surface area contributed by atoms with Crippen LogP contribution >= 0.6 is 0 Å². The molecule has 0 spiro atoms. The molecule has 1 aliphatic rings. The monoisotopic (exact) mass is 193 g/mol. The summed E-state index contributed by atoms with van der Waals surface area (Å²) in [6.07, 6.45) is -0.370. The Morgan fingerprint density at radius 1 is 1.42 bits per heavy atom. The highest BCUT2D eigenvalue weighted by atomic mass is 32.2. The van der Waals surface area contributed by atoms with Crippen LogP contribution in [0.1, 0.15) is 6.92 Å². The van der Waals surface area contributed by atoms with Crippen molar-refractivity contribution in [2.45, 2.75) is 13.0 Å². The predicted molar refractivity (Wildman–Crippen MR) is 46.8 cm³/mol. The second kappa shape index (κ2) is 3.72. The molecule has 72 valence electrons. The van der Waals surface area contributed by atoms with Gasteiger partial charge in [-0.25, -0.2) is 8.42 Å². The molecule has 0 radical (unpaired) electrons. The van der Waals surface area contributed by atoms with E-state index in [9.17, 15) is 8.42 Å². The molecule has 1 heterocycles. The molecule has 1 atom stereocenters. The Balaban J connectivity index is 2.36. The van der Waals surface area contributed by atoms with Crippen LogP contribution in [0.2, 0.25) is 0 Å². The van der Waals surface area contributed by atoms with Gasteiger partial charge in [0, 0.05) is 19.6 Å². The van der Waals surface area contributed by atoms with Crippen molar-refractivity contribution < 1.29 is 13.5 Å². The fourth-order valence-corrected chi connectivity index (χ4v) is 2.58. The van der Waals surface area contributed by atoms with Gasteiger partial charge in [-0.3, -0.25) is 4.90 Å². The Hall–Kier alpha value is -0.130. The highest BCUT2D eigenvalue weighted by molar-refractivity contribution is 7.91. The first-order valence-electron chi connectivity index (χ1n) is 4.10. The lowest BCUT2D eigenvalue weighted by Crippen LogP contribution is -2.43. The van der Waals surface area contributed by atoms with Gasteiger partial charge in [0.25, 0.3) is 0 Å². The van der Waals surface area contributed by atoms with Crippen molar-refractivity contribution >= 4 is 9.84 Å². The lowest BCUT2D eigenvalue weighted by Gasteiger charge is -2.27. The average Bonchev–Trinajstić information content (AvgIpc) is 1.93. The van der Waals surface area contributed by atoms with E-state index in [1.807, 2.05) is 4.90 Å². The molecular formula is C7H15NO3S. The maximum Gasteiger partial charge on any atom is 0.152 e. The summed E-state index contributed by atoms with van der Waals surface area (Å²) in [5, 5.41) is 9.04. The van der Waals surface area contributed by atoms with Crippen LogP contribution in [0, 0.1) is 0 Å². The summed E-state index contributed by atoms with van der Waals surface area (Å²) in [6.45, 7) is 3.42. The van der Waals surface area contributed by atoms with Gasteiger partial charge in [0.1, 0.15) is 0 Å². The quantitative estimate of drug-likeness (QED) is 0.617. The zero-order valence-electron chi connectivity index (χ0n) is 7.23. The van der Waals surface area contributed by atoms with Gasteiger partial charge in [0.2, 0.25) is 0 Å². The molecule has 0 saturated carbocycles. The Morgan fingerprint density at radius 3 is 2.33 bits per heavy atom. The van der Waals surface area contributed by atoms with E-state index < -0.39 is 9.84 Å². The maximum absolute atomic E-state index is 11.0. The molecule has 1 saturated heterocycles. The molecule has 1 rings (SSSR count). The molecule has 5 heteroatoms. The van der Waals surface area contributed by atoms with Crippen molar-refractivity contribution in [1.82, 2.24) is 4.90 Å². The number of rotatable bonds is 2. The third kappa shape index (κ3) is 3.08. The Kier molecular flexibility index (Phi) is 3.09. The molecule has 1 aliphatic heterocycles. The molecule has 0 aromatic heterocycles. The van der Waals surface area contributed by atoms with Crippen molar-refractivity contribution in [2.75, 3.05) is 31.1 Å². The largest absolute Gasteiger partial charge is 0.392 e. The van der Waals surface area contributed by atoms with Crippen molar-refractivity contribution in [3.05, 3.63) is 0 Å². The standard InChI is InChI=1S/C7H15NO3S/c1-7(9)6-8-2-4-12(10,11)5-3-8/h7,9H,2-6H2,1H3/t7-/m1/s1. The first kappa shape index (κ1) is 9.95. The van der Waals surface area contributed by atoms with Gasteiger partial charge in [-0.2, -0.15) is 0 Å². The molecule has 12 heavy (non-hydrogen) atoms. The van der Waals surface area contributed by atoms with Gasteiger partial charge < -0.3 is 5.11 Å². The van der Waals surface area contributed by atoms with Crippen LogP contribution in [0.5, 0.6) is 0 Å². The van der Waals surface area contributed by atoms with E-state index in [0.717, 1.165) is 0 Å². The summed E-state index contributed by atoms with van der Waals surface area (Å²) in [6, 6.07) is 0. The van der Waals surface area contributed by atoms with Gasteiger partial charge in [-0.1, -0.05) is 0 Å². The molecule has 1 fully saturated rings. The zero-order valence-corrected chi connectivity index (χ0v) is 8.05. The van der Waals surface area contributed by atoms with Gasteiger partial charge in [0.15, 0.2) is 9.84 Å². The fourth-order valence-electron chi connectivity index (χ4n) is 1.31. The van der Waals surface area contributed by atoms with Crippen LogP contribution in [0.4, 0.5) is 0 Å². The Morgan fingerprint density at radius 2 is 1.92 bits per heavy atom. The van der Waals surface area contributed by atoms with Crippen molar-refractivity contribution in [3.63, 3.8) is 0 Å². The van der Waals surface area contributed by atoms with Crippen molar-refractivity contribution in [3.8, 4) is 0 Å². The number of nitrogens with zero attached hydrogens (tertiary/aromatic N) is 1. The summed E-state index contributed by atoms with van der Waals surface area (Å²) in [5.41, 5.74) is 0. The topological polar surface area (TPSA) is 57.6 Å². The predicted octanol–water partition coefficient (Wildman–Crippen LogP) is -0.902. The molecule has 1 N–H and O–H groups in total. The average molecular weight is 193 g/mol. The second-order valence-corrected chi connectivity index (χ2v) is 5.61. The molecule has 0 bridgehead atoms. The highest BCUT2D eigenvalue weighted by Crippen LogP contribution is 2.03. The lowest BCUT2D eigenvalue weighted by atomic mass is 10.3. The molecule has 0 amide bonds.